The van der Waals surface area contributed by atoms with E-state index in [1.807, 2.05) is 6.92 Å². The molecular formula is C12H25NO2S. The molecule has 4 heteroatoms. The molecule has 0 radical (unpaired) electrons. The van der Waals surface area contributed by atoms with E-state index in [9.17, 15) is 8.42 Å². The van der Waals surface area contributed by atoms with Crippen LogP contribution in [0.5, 0.6) is 0 Å². The van der Waals surface area contributed by atoms with Crippen LogP contribution in [0.2, 0.25) is 0 Å². The minimum atomic E-state index is -3.00. The molecule has 0 aromatic carbocycles. The highest BCUT2D eigenvalue weighted by Crippen LogP contribution is 2.52. The van der Waals surface area contributed by atoms with Crippen molar-refractivity contribution in [2.45, 2.75) is 40.5 Å². The first-order chi connectivity index (χ1) is 7.16. The average molecular weight is 247 g/mol. The van der Waals surface area contributed by atoms with Crippen LogP contribution < -0.4 is 0 Å². The van der Waals surface area contributed by atoms with Crippen LogP contribution in [0.3, 0.4) is 0 Å². The highest BCUT2D eigenvalue weighted by Gasteiger charge is 2.44. The molecule has 0 aliphatic heterocycles. The quantitative estimate of drug-likeness (QED) is 0.748. The fourth-order valence-electron chi connectivity index (χ4n) is 2.50. The van der Waals surface area contributed by atoms with Crippen LogP contribution in [-0.2, 0) is 10.0 Å². The molecule has 0 spiro atoms. The first kappa shape index (κ1) is 14.0. The van der Waals surface area contributed by atoms with Gasteiger partial charge in [-0.1, -0.05) is 27.7 Å². The van der Waals surface area contributed by atoms with Crippen LogP contribution in [0.25, 0.3) is 0 Å². The molecule has 0 bridgehead atoms. The molecule has 1 saturated carbocycles. The second kappa shape index (κ2) is 4.65. The van der Waals surface area contributed by atoms with Crippen molar-refractivity contribution in [2.75, 3.05) is 19.3 Å². The topological polar surface area (TPSA) is 37.4 Å². The van der Waals surface area contributed by atoms with Crippen molar-refractivity contribution in [2.24, 2.45) is 17.3 Å². The lowest BCUT2D eigenvalue weighted by atomic mass is 9.88. The zero-order valence-corrected chi connectivity index (χ0v) is 12.0. The van der Waals surface area contributed by atoms with E-state index in [-0.39, 0.29) is 0 Å². The number of hydrogen-bond acceptors (Lipinski definition) is 2. The number of rotatable bonds is 5. The summed E-state index contributed by atoms with van der Waals surface area (Å²) in [7, 11) is -3.00. The average Bonchev–Trinajstić information content (AvgIpc) is 2.81. The monoisotopic (exact) mass is 247 g/mol. The van der Waals surface area contributed by atoms with Crippen molar-refractivity contribution in [3.8, 4) is 0 Å². The Morgan fingerprint density at radius 3 is 2.19 bits per heavy atom. The van der Waals surface area contributed by atoms with E-state index in [1.54, 1.807) is 4.31 Å². The second-order valence-electron chi connectivity index (χ2n) is 6.01. The maximum Gasteiger partial charge on any atom is 0.211 e. The van der Waals surface area contributed by atoms with Gasteiger partial charge in [0.2, 0.25) is 10.0 Å². The largest absolute Gasteiger partial charge is 0.213 e. The number of nitrogens with zero attached hydrogens (tertiary/aromatic N) is 1. The summed E-state index contributed by atoms with van der Waals surface area (Å²) >= 11 is 0. The van der Waals surface area contributed by atoms with Crippen molar-refractivity contribution in [3.63, 3.8) is 0 Å². The highest BCUT2D eigenvalue weighted by molar-refractivity contribution is 7.88. The van der Waals surface area contributed by atoms with Crippen LogP contribution in [0.1, 0.15) is 40.5 Å². The summed E-state index contributed by atoms with van der Waals surface area (Å²) in [4.78, 5) is 0. The molecule has 0 aromatic heterocycles. The lowest BCUT2D eigenvalue weighted by Gasteiger charge is -2.20. The van der Waals surface area contributed by atoms with E-state index in [4.69, 9.17) is 0 Å². The summed E-state index contributed by atoms with van der Waals surface area (Å²) in [6.45, 7) is 9.98. The number of sulfonamides is 1. The van der Waals surface area contributed by atoms with Gasteiger partial charge in [0, 0.05) is 13.1 Å². The zero-order chi connectivity index (χ0) is 12.6. The first-order valence-corrected chi connectivity index (χ1v) is 7.96. The van der Waals surface area contributed by atoms with Crippen LogP contribution in [0.4, 0.5) is 0 Å². The molecule has 1 rings (SSSR count). The summed E-state index contributed by atoms with van der Waals surface area (Å²) < 4.78 is 24.4. The van der Waals surface area contributed by atoms with Gasteiger partial charge in [0.1, 0.15) is 0 Å². The van der Waals surface area contributed by atoms with Gasteiger partial charge in [0.15, 0.2) is 0 Å². The molecule has 16 heavy (non-hydrogen) atoms. The van der Waals surface area contributed by atoms with Gasteiger partial charge in [-0.05, 0) is 30.1 Å². The molecule has 1 aliphatic carbocycles. The Kier molecular flexibility index (Phi) is 4.06. The van der Waals surface area contributed by atoms with E-state index in [1.165, 1.54) is 12.7 Å². The smallest absolute Gasteiger partial charge is 0.211 e. The molecule has 3 nitrogen and oxygen atoms in total. The standard InChI is InChI=1S/C12H25NO2S/c1-6-13(16(5,14)15)8-7-10-9-11(10)12(2,3)4/h10-11H,6-9H2,1-5H3/t10-,11+/m0/s1. The summed E-state index contributed by atoms with van der Waals surface area (Å²) in [5, 5.41) is 0. The van der Waals surface area contributed by atoms with Crippen molar-refractivity contribution >= 4 is 10.0 Å². The molecule has 0 N–H and O–H groups in total. The van der Waals surface area contributed by atoms with Gasteiger partial charge < -0.3 is 0 Å². The normalized spacial score (nSPS) is 26.1. The molecule has 0 heterocycles. The van der Waals surface area contributed by atoms with Crippen LogP contribution in [-0.4, -0.2) is 32.1 Å². The van der Waals surface area contributed by atoms with E-state index in [0.717, 1.165) is 18.3 Å². The Hall–Kier alpha value is -0.0900. The molecule has 96 valence electrons. The molecule has 1 aliphatic rings. The lowest BCUT2D eigenvalue weighted by molar-refractivity contribution is 0.317. The Morgan fingerprint density at radius 1 is 1.31 bits per heavy atom. The fraction of sp³-hybridized carbons (Fsp3) is 1.00. The second-order valence-corrected chi connectivity index (χ2v) is 7.99. The Labute approximate surface area is 100 Å². The predicted octanol–water partition coefficient (Wildman–Crippen LogP) is 2.34. The van der Waals surface area contributed by atoms with E-state index in [0.29, 0.717) is 18.5 Å². The fourth-order valence-corrected chi connectivity index (χ4v) is 3.40. The zero-order valence-electron chi connectivity index (χ0n) is 11.2. The summed E-state index contributed by atoms with van der Waals surface area (Å²) in [6.07, 6.45) is 3.58. The molecular weight excluding hydrogens is 222 g/mol. The third-order valence-corrected chi connectivity index (χ3v) is 4.98. The van der Waals surface area contributed by atoms with E-state index in [2.05, 4.69) is 20.8 Å². The Morgan fingerprint density at radius 2 is 1.88 bits per heavy atom. The van der Waals surface area contributed by atoms with Crippen molar-refractivity contribution in [1.29, 1.82) is 0 Å². The minimum Gasteiger partial charge on any atom is -0.213 e. The molecule has 1 fully saturated rings. The van der Waals surface area contributed by atoms with Crippen LogP contribution in [0.15, 0.2) is 0 Å². The van der Waals surface area contributed by atoms with E-state index < -0.39 is 10.0 Å². The van der Waals surface area contributed by atoms with Gasteiger partial charge in [0.25, 0.3) is 0 Å². The van der Waals surface area contributed by atoms with Gasteiger partial charge in [-0.3, -0.25) is 0 Å². The molecule has 0 saturated heterocycles. The van der Waals surface area contributed by atoms with Crippen molar-refractivity contribution < 1.29 is 8.42 Å². The maximum atomic E-state index is 11.4. The predicted molar refractivity (Wildman–Crippen MR) is 67.8 cm³/mol. The molecule has 2 atom stereocenters. The summed E-state index contributed by atoms with van der Waals surface area (Å²) in [6, 6.07) is 0. The van der Waals surface area contributed by atoms with Crippen LogP contribution >= 0.6 is 0 Å². The maximum absolute atomic E-state index is 11.4. The third-order valence-electron chi connectivity index (χ3n) is 3.61. The minimum absolute atomic E-state index is 0.382. The molecule has 0 unspecified atom stereocenters. The van der Waals surface area contributed by atoms with Gasteiger partial charge >= 0.3 is 0 Å². The Balaban J connectivity index is 2.37. The third kappa shape index (κ3) is 3.74. The van der Waals surface area contributed by atoms with Gasteiger partial charge in [-0.2, -0.15) is 0 Å². The molecule has 0 amide bonds. The van der Waals surface area contributed by atoms with Crippen LogP contribution in [0, 0.1) is 17.3 Å². The Bertz CT molecular complexity index is 329. The SMILES string of the molecule is CCN(CC[C@H]1C[C@H]1C(C)(C)C)S(C)(=O)=O. The number of hydrogen-bond donors (Lipinski definition) is 0. The summed E-state index contributed by atoms with van der Waals surface area (Å²) in [5.74, 6) is 1.52. The van der Waals surface area contributed by atoms with Gasteiger partial charge in [0.05, 0.1) is 6.26 Å². The van der Waals surface area contributed by atoms with Gasteiger partial charge in [-0.15, -0.1) is 0 Å². The van der Waals surface area contributed by atoms with Gasteiger partial charge in [-0.25, -0.2) is 12.7 Å². The lowest BCUT2D eigenvalue weighted by Crippen LogP contribution is -2.31. The first-order valence-electron chi connectivity index (χ1n) is 6.11. The summed E-state index contributed by atoms with van der Waals surface area (Å²) in [5.41, 5.74) is 0.382. The van der Waals surface area contributed by atoms with Crippen molar-refractivity contribution in [1.82, 2.24) is 4.31 Å². The highest BCUT2D eigenvalue weighted by atomic mass is 32.2. The molecule has 0 aromatic rings. The van der Waals surface area contributed by atoms with E-state index >= 15 is 0 Å². The van der Waals surface area contributed by atoms with Crippen molar-refractivity contribution in [3.05, 3.63) is 0 Å².